The third-order valence-electron chi connectivity index (χ3n) is 4.74. The first-order valence-corrected chi connectivity index (χ1v) is 9.79. The van der Waals surface area contributed by atoms with Crippen LogP contribution in [0.5, 0.6) is 11.8 Å². The maximum absolute atomic E-state index is 12.9. The monoisotopic (exact) mass is 454 g/mol. The van der Waals surface area contributed by atoms with Gasteiger partial charge >= 0.3 is 11.7 Å². The van der Waals surface area contributed by atoms with Crippen molar-refractivity contribution < 1.29 is 4.74 Å². The number of aryl methyl sites for hydroxylation is 2. The van der Waals surface area contributed by atoms with Crippen LogP contribution in [0.15, 0.2) is 62.6 Å². The van der Waals surface area contributed by atoms with E-state index in [4.69, 9.17) is 4.74 Å². The van der Waals surface area contributed by atoms with Crippen LogP contribution in [0.25, 0.3) is 11.2 Å². The largest absolute Gasteiger partial charge is 0.425 e. The number of imidazole rings is 1. The molecule has 0 aliphatic carbocycles. The minimum absolute atomic E-state index is 0.254. The Morgan fingerprint density at radius 3 is 2.52 bits per heavy atom. The van der Waals surface area contributed by atoms with Gasteiger partial charge in [0.1, 0.15) is 5.75 Å². The molecule has 0 amide bonds. The Kier molecular flexibility index (Phi) is 4.87. The number of rotatable bonds is 4. The lowest BCUT2D eigenvalue weighted by molar-refractivity contribution is 0.421. The molecule has 0 aliphatic heterocycles. The Balaban J connectivity index is 1.96. The highest BCUT2D eigenvalue weighted by Crippen LogP contribution is 2.26. The topological polar surface area (TPSA) is 71.1 Å². The summed E-state index contributed by atoms with van der Waals surface area (Å²) in [6, 6.07) is 15.6. The Labute approximate surface area is 174 Å². The molecule has 0 fully saturated rings. The molecule has 7 nitrogen and oxygen atoms in total. The van der Waals surface area contributed by atoms with E-state index in [-0.39, 0.29) is 11.7 Å². The maximum atomic E-state index is 12.9. The Morgan fingerprint density at radius 1 is 1.03 bits per heavy atom. The molecule has 0 bridgehead atoms. The van der Waals surface area contributed by atoms with Gasteiger partial charge in [0.05, 0.1) is 6.54 Å². The number of hydrogen-bond acceptors (Lipinski definition) is 4. The zero-order valence-electron chi connectivity index (χ0n) is 16.2. The summed E-state index contributed by atoms with van der Waals surface area (Å²) in [6.07, 6.45) is 0. The summed E-state index contributed by atoms with van der Waals surface area (Å²) in [7, 11) is 3.05. The molecule has 0 saturated carbocycles. The lowest BCUT2D eigenvalue weighted by Gasteiger charge is -2.11. The van der Waals surface area contributed by atoms with Gasteiger partial charge < -0.3 is 4.74 Å². The summed E-state index contributed by atoms with van der Waals surface area (Å²) in [4.78, 5) is 29.8. The quantitative estimate of drug-likeness (QED) is 0.473. The fourth-order valence-corrected chi connectivity index (χ4v) is 3.70. The molecule has 2 aromatic carbocycles. The fourth-order valence-electron chi connectivity index (χ4n) is 3.25. The molecule has 0 unspecified atom stereocenters. The van der Waals surface area contributed by atoms with Gasteiger partial charge in [-0.2, -0.15) is 4.98 Å². The van der Waals surface area contributed by atoms with Gasteiger partial charge in [0.25, 0.3) is 5.56 Å². The summed E-state index contributed by atoms with van der Waals surface area (Å²) >= 11 is 3.48. The summed E-state index contributed by atoms with van der Waals surface area (Å²) in [6.45, 7) is 2.33. The number of ether oxygens (including phenoxy) is 1. The average Bonchev–Trinajstić information content (AvgIpc) is 3.03. The van der Waals surface area contributed by atoms with Crippen molar-refractivity contribution in [2.45, 2.75) is 13.5 Å². The van der Waals surface area contributed by atoms with Gasteiger partial charge in [0.15, 0.2) is 11.2 Å². The molecule has 2 aromatic heterocycles. The second kappa shape index (κ2) is 7.36. The number of benzene rings is 2. The predicted molar refractivity (Wildman–Crippen MR) is 115 cm³/mol. The summed E-state index contributed by atoms with van der Waals surface area (Å²) in [5.41, 5.74) is 1.76. The number of halogens is 1. The molecule has 8 heteroatoms. The van der Waals surface area contributed by atoms with Crippen molar-refractivity contribution >= 4 is 27.1 Å². The van der Waals surface area contributed by atoms with Gasteiger partial charge in [-0.05, 0) is 42.3 Å². The van der Waals surface area contributed by atoms with Crippen molar-refractivity contribution in [1.82, 2.24) is 18.7 Å². The van der Waals surface area contributed by atoms with Crippen LogP contribution in [0.3, 0.4) is 0 Å². The lowest BCUT2D eigenvalue weighted by atomic mass is 10.2. The molecule has 0 saturated heterocycles. The van der Waals surface area contributed by atoms with E-state index >= 15 is 0 Å². The summed E-state index contributed by atoms with van der Waals surface area (Å²) < 4.78 is 11.1. The first-order chi connectivity index (χ1) is 13.8. The number of aromatic nitrogens is 4. The van der Waals surface area contributed by atoms with E-state index < -0.39 is 11.2 Å². The minimum Gasteiger partial charge on any atom is -0.425 e. The van der Waals surface area contributed by atoms with Crippen LogP contribution in [0, 0.1) is 6.92 Å². The van der Waals surface area contributed by atoms with E-state index in [0.29, 0.717) is 17.8 Å². The third-order valence-corrected chi connectivity index (χ3v) is 5.23. The van der Waals surface area contributed by atoms with Crippen LogP contribution >= 0.6 is 15.9 Å². The third kappa shape index (κ3) is 3.51. The van der Waals surface area contributed by atoms with Crippen molar-refractivity contribution in [2.75, 3.05) is 0 Å². The van der Waals surface area contributed by atoms with Crippen molar-refractivity contribution in [3.63, 3.8) is 0 Å². The van der Waals surface area contributed by atoms with E-state index in [1.54, 1.807) is 11.6 Å². The summed E-state index contributed by atoms with van der Waals surface area (Å²) in [5.74, 6) is 0.609. The molecule has 0 N–H and O–H groups in total. The average molecular weight is 455 g/mol. The fraction of sp³-hybridized carbons (Fsp3) is 0.190. The van der Waals surface area contributed by atoms with Gasteiger partial charge in [-0.25, -0.2) is 4.79 Å². The van der Waals surface area contributed by atoms with Crippen molar-refractivity contribution in [2.24, 2.45) is 14.1 Å². The van der Waals surface area contributed by atoms with Crippen molar-refractivity contribution in [3.8, 4) is 11.8 Å². The lowest BCUT2D eigenvalue weighted by Crippen LogP contribution is -2.37. The Morgan fingerprint density at radius 2 is 1.79 bits per heavy atom. The molecule has 0 aliphatic rings. The number of fused-ring (bicyclic) bond motifs is 1. The normalized spacial score (nSPS) is 11.2. The van der Waals surface area contributed by atoms with Gasteiger partial charge in [0.2, 0.25) is 0 Å². The standard InChI is InChI=1S/C21H19BrN4O3/c1-13-6-4-9-16(10-13)29-20-23-18-17(19(27)25(3)21(28)24(18)2)26(20)12-14-7-5-8-15(22)11-14/h4-11H,12H2,1-3H3. The molecule has 29 heavy (non-hydrogen) atoms. The van der Waals surface area contributed by atoms with Gasteiger partial charge in [-0.1, -0.05) is 40.2 Å². The Bertz CT molecular complexity index is 1350. The van der Waals surface area contributed by atoms with E-state index in [0.717, 1.165) is 20.2 Å². The van der Waals surface area contributed by atoms with E-state index in [9.17, 15) is 9.59 Å². The van der Waals surface area contributed by atoms with Gasteiger partial charge in [0, 0.05) is 18.6 Å². The highest BCUT2D eigenvalue weighted by Gasteiger charge is 2.21. The minimum atomic E-state index is -0.434. The molecular weight excluding hydrogens is 436 g/mol. The number of hydrogen-bond donors (Lipinski definition) is 0. The van der Waals surface area contributed by atoms with Crippen molar-refractivity contribution in [3.05, 3.63) is 85.0 Å². The van der Waals surface area contributed by atoms with Gasteiger partial charge in [-0.3, -0.25) is 18.5 Å². The second-order valence-corrected chi connectivity index (χ2v) is 7.82. The molecular formula is C21H19BrN4O3. The van der Waals surface area contributed by atoms with Crippen molar-refractivity contribution in [1.29, 1.82) is 0 Å². The molecule has 4 aromatic rings. The smallest absolute Gasteiger partial charge is 0.332 e. The van der Waals surface area contributed by atoms with Crippen LogP contribution in [-0.4, -0.2) is 18.7 Å². The molecule has 0 spiro atoms. The van der Waals surface area contributed by atoms with E-state index in [1.807, 2.05) is 55.5 Å². The first kappa shape index (κ1) is 19.2. The first-order valence-electron chi connectivity index (χ1n) is 9.00. The predicted octanol–water partition coefficient (Wildman–Crippen LogP) is 3.35. The molecule has 0 atom stereocenters. The molecule has 4 rings (SSSR count). The van der Waals surface area contributed by atoms with Crippen LogP contribution in [0.4, 0.5) is 0 Å². The number of nitrogens with zero attached hydrogens (tertiary/aromatic N) is 4. The van der Waals surface area contributed by atoms with Crippen LogP contribution in [0.2, 0.25) is 0 Å². The maximum Gasteiger partial charge on any atom is 0.332 e. The van der Waals surface area contributed by atoms with E-state index in [1.165, 1.54) is 11.6 Å². The zero-order valence-corrected chi connectivity index (χ0v) is 17.8. The second-order valence-electron chi connectivity index (χ2n) is 6.91. The highest BCUT2D eigenvalue weighted by molar-refractivity contribution is 9.10. The molecule has 0 radical (unpaired) electrons. The summed E-state index contributed by atoms with van der Waals surface area (Å²) in [5, 5.41) is 0. The zero-order chi connectivity index (χ0) is 20.7. The van der Waals surface area contributed by atoms with E-state index in [2.05, 4.69) is 20.9 Å². The van der Waals surface area contributed by atoms with Gasteiger partial charge in [-0.15, -0.1) is 0 Å². The van der Waals surface area contributed by atoms with Crippen LogP contribution < -0.4 is 16.0 Å². The molecule has 148 valence electrons. The van der Waals surface area contributed by atoms with Crippen LogP contribution in [0.1, 0.15) is 11.1 Å². The SMILES string of the molecule is Cc1cccc(Oc2nc3c(c(=O)n(C)c(=O)n3C)n2Cc2cccc(Br)c2)c1. The molecule has 2 heterocycles. The Hall–Kier alpha value is -3.13. The van der Waals surface area contributed by atoms with Crippen LogP contribution in [-0.2, 0) is 20.6 Å². The highest BCUT2D eigenvalue weighted by atomic mass is 79.9.